The molecule has 1 atom stereocenters. The van der Waals surface area contributed by atoms with Gasteiger partial charge in [-0.15, -0.1) is 0 Å². The van der Waals surface area contributed by atoms with E-state index in [4.69, 9.17) is 10.5 Å². The standard InChI is InChI=1S/C9H16N2O2/c1-2-3-4-11-5-6-13-7-8(11)9(10)12/h2-3,8H,4-7H2,1H3,(H2,10,12)/b3-2+. The predicted octanol–water partition coefficient (Wildman–Crippen LogP) is -0.251. The molecule has 0 saturated carbocycles. The largest absolute Gasteiger partial charge is 0.378 e. The number of morpholine rings is 1. The van der Waals surface area contributed by atoms with Gasteiger partial charge in [-0.3, -0.25) is 9.69 Å². The molecule has 0 aliphatic carbocycles. The Bertz CT molecular complexity index is 204. The van der Waals surface area contributed by atoms with Crippen LogP contribution >= 0.6 is 0 Å². The first-order valence-corrected chi connectivity index (χ1v) is 4.48. The van der Waals surface area contributed by atoms with Gasteiger partial charge in [-0.2, -0.15) is 0 Å². The lowest BCUT2D eigenvalue weighted by molar-refractivity contribution is -0.128. The number of nitrogens with two attached hydrogens (primary N) is 1. The summed E-state index contributed by atoms with van der Waals surface area (Å²) in [5.74, 6) is -0.302. The molecule has 1 rings (SSSR count). The number of hydrogen-bond donors (Lipinski definition) is 1. The van der Waals surface area contributed by atoms with Gasteiger partial charge in [-0.1, -0.05) is 12.2 Å². The SMILES string of the molecule is C/C=C/CN1CCOCC1C(N)=O. The minimum absolute atomic E-state index is 0.259. The van der Waals surface area contributed by atoms with Gasteiger partial charge in [0.25, 0.3) is 0 Å². The van der Waals surface area contributed by atoms with Gasteiger partial charge in [-0.25, -0.2) is 0 Å². The van der Waals surface area contributed by atoms with Crippen molar-refractivity contribution in [3.63, 3.8) is 0 Å². The molecule has 1 amide bonds. The molecule has 0 aromatic carbocycles. The number of nitrogens with zero attached hydrogens (tertiary/aromatic N) is 1. The van der Waals surface area contributed by atoms with Crippen molar-refractivity contribution in [2.45, 2.75) is 13.0 Å². The number of hydrogen-bond acceptors (Lipinski definition) is 3. The third-order valence-electron chi connectivity index (χ3n) is 2.14. The lowest BCUT2D eigenvalue weighted by atomic mass is 10.2. The van der Waals surface area contributed by atoms with Crippen molar-refractivity contribution in [2.75, 3.05) is 26.3 Å². The van der Waals surface area contributed by atoms with Gasteiger partial charge in [0.1, 0.15) is 6.04 Å². The van der Waals surface area contributed by atoms with E-state index in [1.54, 1.807) is 0 Å². The van der Waals surface area contributed by atoms with E-state index in [0.29, 0.717) is 13.2 Å². The van der Waals surface area contributed by atoms with Crippen molar-refractivity contribution in [1.82, 2.24) is 4.90 Å². The summed E-state index contributed by atoms with van der Waals surface area (Å²) in [5, 5.41) is 0. The molecule has 2 N–H and O–H groups in total. The summed E-state index contributed by atoms with van der Waals surface area (Å²) < 4.78 is 5.19. The van der Waals surface area contributed by atoms with Crippen molar-refractivity contribution in [3.05, 3.63) is 12.2 Å². The molecule has 1 aliphatic rings. The molecule has 0 bridgehead atoms. The fourth-order valence-corrected chi connectivity index (χ4v) is 1.36. The molecule has 0 aromatic heterocycles. The third-order valence-corrected chi connectivity index (χ3v) is 2.14. The van der Waals surface area contributed by atoms with E-state index in [-0.39, 0.29) is 11.9 Å². The highest BCUT2D eigenvalue weighted by Gasteiger charge is 2.26. The fourth-order valence-electron chi connectivity index (χ4n) is 1.36. The normalized spacial score (nSPS) is 25.2. The van der Waals surface area contributed by atoms with E-state index < -0.39 is 0 Å². The summed E-state index contributed by atoms with van der Waals surface area (Å²) in [6.45, 7) is 4.61. The van der Waals surface area contributed by atoms with Crippen LogP contribution < -0.4 is 5.73 Å². The van der Waals surface area contributed by atoms with Crippen LogP contribution in [0.4, 0.5) is 0 Å². The van der Waals surface area contributed by atoms with Gasteiger partial charge >= 0.3 is 0 Å². The first-order chi connectivity index (χ1) is 6.25. The van der Waals surface area contributed by atoms with E-state index in [2.05, 4.69) is 0 Å². The van der Waals surface area contributed by atoms with Crippen LogP contribution in [0.25, 0.3) is 0 Å². The Labute approximate surface area is 78.3 Å². The Morgan fingerprint density at radius 2 is 2.54 bits per heavy atom. The maximum absolute atomic E-state index is 11.0. The molecule has 1 heterocycles. The number of primary amides is 1. The van der Waals surface area contributed by atoms with Crippen LogP contribution in [0.1, 0.15) is 6.92 Å². The second-order valence-corrected chi connectivity index (χ2v) is 3.06. The average molecular weight is 184 g/mol. The molecular weight excluding hydrogens is 168 g/mol. The van der Waals surface area contributed by atoms with Crippen LogP contribution in [0.5, 0.6) is 0 Å². The highest BCUT2D eigenvalue weighted by Crippen LogP contribution is 2.05. The van der Waals surface area contributed by atoms with Crippen LogP contribution in [-0.4, -0.2) is 43.2 Å². The minimum atomic E-state index is -0.302. The van der Waals surface area contributed by atoms with Gasteiger partial charge in [0.2, 0.25) is 5.91 Å². The first kappa shape index (κ1) is 10.2. The topological polar surface area (TPSA) is 55.6 Å². The second-order valence-electron chi connectivity index (χ2n) is 3.06. The number of rotatable bonds is 3. The zero-order valence-electron chi connectivity index (χ0n) is 7.90. The number of allylic oxidation sites excluding steroid dienone is 1. The lowest BCUT2D eigenvalue weighted by Crippen LogP contribution is -2.52. The highest BCUT2D eigenvalue weighted by molar-refractivity contribution is 5.80. The Morgan fingerprint density at radius 3 is 3.15 bits per heavy atom. The summed E-state index contributed by atoms with van der Waals surface area (Å²) in [6, 6.07) is -0.259. The Hall–Kier alpha value is -0.870. The van der Waals surface area contributed by atoms with Crippen molar-refractivity contribution >= 4 is 5.91 Å². The second kappa shape index (κ2) is 4.99. The summed E-state index contributed by atoms with van der Waals surface area (Å²) in [6.07, 6.45) is 3.98. The quantitative estimate of drug-likeness (QED) is 0.615. The van der Waals surface area contributed by atoms with Crippen LogP contribution in [0.2, 0.25) is 0 Å². The summed E-state index contributed by atoms with van der Waals surface area (Å²) in [4.78, 5) is 13.0. The molecule has 1 aliphatic heterocycles. The molecular formula is C9H16N2O2. The maximum atomic E-state index is 11.0. The molecule has 0 radical (unpaired) electrons. The van der Waals surface area contributed by atoms with Crippen LogP contribution in [0.3, 0.4) is 0 Å². The third kappa shape index (κ3) is 2.82. The van der Waals surface area contributed by atoms with Gasteiger partial charge in [-0.05, 0) is 6.92 Å². The molecule has 1 unspecified atom stereocenters. The number of amides is 1. The van der Waals surface area contributed by atoms with Crippen molar-refractivity contribution < 1.29 is 9.53 Å². The number of carbonyl (C=O) groups excluding carboxylic acids is 1. The van der Waals surface area contributed by atoms with E-state index in [1.807, 2.05) is 24.0 Å². The van der Waals surface area contributed by atoms with Crippen LogP contribution in [0.15, 0.2) is 12.2 Å². The van der Waals surface area contributed by atoms with Crippen molar-refractivity contribution in [3.8, 4) is 0 Å². The number of carbonyl (C=O) groups is 1. The molecule has 0 spiro atoms. The molecule has 1 fully saturated rings. The Kier molecular flexibility index (Phi) is 3.92. The smallest absolute Gasteiger partial charge is 0.237 e. The monoisotopic (exact) mass is 184 g/mol. The lowest BCUT2D eigenvalue weighted by Gasteiger charge is -2.32. The van der Waals surface area contributed by atoms with E-state index in [0.717, 1.165) is 13.1 Å². The molecule has 1 saturated heterocycles. The molecule has 4 nitrogen and oxygen atoms in total. The van der Waals surface area contributed by atoms with Crippen molar-refractivity contribution in [2.24, 2.45) is 5.73 Å². The summed E-state index contributed by atoms with van der Waals surface area (Å²) >= 11 is 0. The molecule has 74 valence electrons. The van der Waals surface area contributed by atoms with Gasteiger partial charge in [0.15, 0.2) is 0 Å². The summed E-state index contributed by atoms with van der Waals surface area (Å²) in [5.41, 5.74) is 5.24. The fraction of sp³-hybridized carbons (Fsp3) is 0.667. The van der Waals surface area contributed by atoms with Gasteiger partial charge in [0.05, 0.1) is 13.2 Å². The van der Waals surface area contributed by atoms with Crippen LogP contribution in [0, 0.1) is 0 Å². The molecule has 13 heavy (non-hydrogen) atoms. The zero-order valence-corrected chi connectivity index (χ0v) is 7.90. The van der Waals surface area contributed by atoms with Crippen molar-refractivity contribution in [1.29, 1.82) is 0 Å². The minimum Gasteiger partial charge on any atom is -0.378 e. The summed E-state index contributed by atoms with van der Waals surface area (Å²) in [7, 11) is 0. The predicted molar refractivity (Wildman–Crippen MR) is 50.2 cm³/mol. The maximum Gasteiger partial charge on any atom is 0.237 e. The Morgan fingerprint density at radius 1 is 1.77 bits per heavy atom. The van der Waals surface area contributed by atoms with E-state index in [1.165, 1.54) is 0 Å². The van der Waals surface area contributed by atoms with E-state index in [9.17, 15) is 4.79 Å². The zero-order chi connectivity index (χ0) is 9.68. The molecule has 4 heteroatoms. The Balaban J connectivity index is 2.51. The number of ether oxygens (including phenoxy) is 1. The average Bonchev–Trinajstić information content (AvgIpc) is 2.15. The first-order valence-electron chi connectivity index (χ1n) is 4.48. The molecule has 0 aromatic rings. The van der Waals surface area contributed by atoms with Crippen LogP contribution in [-0.2, 0) is 9.53 Å². The highest BCUT2D eigenvalue weighted by atomic mass is 16.5. The van der Waals surface area contributed by atoms with E-state index >= 15 is 0 Å². The van der Waals surface area contributed by atoms with Gasteiger partial charge < -0.3 is 10.5 Å². The van der Waals surface area contributed by atoms with Gasteiger partial charge in [0, 0.05) is 13.1 Å².